The van der Waals surface area contributed by atoms with E-state index in [9.17, 15) is 4.79 Å². The third-order valence-corrected chi connectivity index (χ3v) is 6.44. The number of thiazole rings is 1. The van der Waals surface area contributed by atoms with E-state index in [-0.39, 0.29) is 12.3 Å². The van der Waals surface area contributed by atoms with Gasteiger partial charge >= 0.3 is 0 Å². The summed E-state index contributed by atoms with van der Waals surface area (Å²) < 4.78 is 0.961. The Morgan fingerprint density at radius 3 is 2.65 bits per heavy atom. The smallest absolute Gasteiger partial charge is 0.230 e. The van der Waals surface area contributed by atoms with Crippen molar-refractivity contribution in [2.24, 2.45) is 0 Å². The van der Waals surface area contributed by atoms with Crippen molar-refractivity contribution < 1.29 is 4.79 Å². The van der Waals surface area contributed by atoms with E-state index in [1.165, 1.54) is 11.1 Å². The predicted molar refractivity (Wildman–Crippen MR) is 112 cm³/mol. The molecule has 3 aromatic rings. The second-order valence-corrected chi connectivity index (χ2v) is 8.63. The highest BCUT2D eigenvalue weighted by molar-refractivity contribution is 8.00. The number of hydrogen-bond donors (Lipinski definition) is 1. The molecular weight excluding hydrogens is 407 g/mol. The number of carbonyl (C=O) groups excluding carboxylic acids is 1. The molecule has 0 aliphatic rings. The Bertz CT molecular complexity index is 910. The topological polar surface area (TPSA) is 42.0 Å². The standard InChI is InChI=1S/C19H16Cl2N2OS2/c1-12-2-4-13(5-3-12)10-25-19-23-15(11-26-19)9-18(24)22-14-6-7-16(20)17(21)8-14/h2-8,11H,9-10H2,1H3,(H,22,24). The van der Waals surface area contributed by atoms with Crippen molar-refractivity contribution in [3.05, 3.63) is 74.7 Å². The second-order valence-electron chi connectivity index (χ2n) is 5.73. The summed E-state index contributed by atoms with van der Waals surface area (Å²) in [6.07, 6.45) is 0.224. The van der Waals surface area contributed by atoms with Crippen molar-refractivity contribution in [2.45, 2.75) is 23.4 Å². The van der Waals surface area contributed by atoms with Crippen LogP contribution in [0, 0.1) is 6.92 Å². The molecule has 0 saturated carbocycles. The number of nitrogens with one attached hydrogen (secondary N) is 1. The molecule has 7 heteroatoms. The molecule has 3 rings (SSSR count). The van der Waals surface area contributed by atoms with E-state index in [2.05, 4.69) is 41.5 Å². The van der Waals surface area contributed by atoms with Gasteiger partial charge in [0, 0.05) is 16.8 Å². The molecule has 0 atom stereocenters. The highest BCUT2D eigenvalue weighted by atomic mass is 35.5. The zero-order valence-corrected chi connectivity index (χ0v) is 17.1. The molecule has 134 valence electrons. The molecule has 26 heavy (non-hydrogen) atoms. The lowest BCUT2D eigenvalue weighted by atomic mass is 10.2. The summed E-state index contributed by atoms with van der Waals surface area (Å²) in [6.45, 7) is 2.08. The molecule has 0 fully saturated rings. The summed E-state index contributed by atoms with van der Waals surface area (Å²) in [6, 6.07) is 13.5. The first-order valence-corrected chi connectivity index (χ1v) is 10.5. The van der Waals surface area contributed by atoms with Crippen molar-refractivity contribution >= 4 is 57.9 Å². The van der Waals surface area contributed by atoms with Crippen LogP contribution in [-0.2, 0) is 17.0 Å². The van der Waals surface area contributed by atoms with Gasteiger partial charge in [0.1, 0.15) is 4.34 Å². The van der Waals surface area contributed by atoms with Gasteiger partial charge in [-0.1, -0.05) is 64.8 Å². The van der Waals surface area contributed by atoms with Gasteiger partial charge in [-0.2, -0.15) is 0 Å². The molecule has 3 nitrogen and oxygen atoms in total. The number of aromatic nitrogens is 1. The highest BCUT2D eigenvalue weighted by Gasteiger charge is 2.10. The zero-order valence-electron chi connectivity index (χ0n) is 14.0. The molecule has 0 spiro atoms. The lowest BCUT2D eigenvalue weighted by Crippen LogP contribution is -2.14. The Hall–Kier alpha value is -1.53. The maximum absolute atomic E-state index is 12.2. The van der Waals surface area contributed by atoms with E-state index < -0.39 is 0 Å². The van der Waals surface area contributed by atoms with E-state index >= 15 is 0 Å². The van der Waals surface area contributed by atoms with Crippen molar-refractivity contribution in [2.75, 3.05) is 5.32 Å². The summed E-state index contributed by atoms with van der Waals surface area (Å²) in [5.74, 6) is 0.728. The van der Waals surface area contributed by atoms with Gasteiger partial charge in [-0.15, -0.1) is 11.3 Å². The van der Waals surface area contributed by atoms with Gasteiger partial charge < -0.3 is 5.32 Å². The molecule has 1 heterocycles. The predicted octanol–water partition coefficient (Wildman–Crippen LogP) is 6.23. The van der Waals surface area contributed by atoms with Crippen LogP contribution in [0.2, 0.25) is 10.0 Å². The molecule has 0 aliphatic heterocycles. The maximum atomic E-state index is 12.2. The van der Waals surface area contributed by atoms with E-state index in [0.717, 1.165) is 15.8 Å². The van der Waals surface area contributed by atoms with Gasteiger partial charge in [-0.25, -0.2) is 4.98 Å². The summed E-state index contributed by atoms with van der Waals surface area (Å²) in [4.78, 5) is 16.7. The number of thioether (sulfide) groups is 1. The minimum absolute atomic E-state index is 0.135. The van der Waals surface area contributed by atoms with Crippen LogP contribution in [0.4, 0.5) is 5.69 Å². The number of nitrogens with zero attached hydrogens (tertiary/aromatic N) is 1. The van der Waals surface area contributed by atoms with Gasteiger partial charge in [-0.05, 0) is 30.7 Å². The Morgan fingerprint density at radius 2 is 1.92 bits per heavy atom. The fraction of sp³-hybridized carbons (Fsp3) is 0.158. The average Bonchev–Trinajstić information content (AvgIpc) is 3.05. The lowest BCUT2D eigenvalue weighted by Gasteiger charge is -2.05. The number of benzene rings is 2. The molecule has 2 aromatic carbocycles. The van der Waals surface area contributed by atoms with E-state index in [1.807, 2.05) is 5.38 Å². The first kappa shape index (κ1) is 19.2. The molecule has 0 aliphatic carbocycles. The second kappa shape index (κ2) is 8.91. The monoisotopic (exact) mass is 422 g/mol. The number of hydrogen-bond acceptors (Lipinski definition) is 4. The van der Waals surface area contributed by atoms with Crippen LogP contribution in [0.15, 0.2) is 52.2 Å². The van der Waals surface area contributed by atoms with Crippen LogP contribution >= 0.6 is 46.3 Å². The Labute approximate surface area is 170 Å². The Kier molecular flexibility index (Phi) is 6.59. The molecule has 0 radical (unpaired) electrons. The first-order valence-electron chi connectivity index (χ1n) is 7.87. The van der Waals surface area contributed by atoms with Crippen LogP contribution in [0.25, 0.3) is 0 Å². The maximum Gasteiger partial charge on any atom is 0.230 e. The molecule has 1 aromatic heterocycles. The van der Waals surface area contributed by atoms with Gasteiger partial charge in [0.2, 0.25) is 5.91 Å². The fourth-order valence-corrected chi connectivity index (χ4v) is 4.31. The average molecular weight is 423 g/mol. The summed E-state index contributed by atoms with van der Waals surface area (Å²) in [5, 5.41) is 5.60. The zero-order chi connectivity index (χ0) is 18.5. The van der Waals surface area contributed by atoms with E-state index in [4.69, 9.17) is 23.2 Å². The van der Waals surface area contributed by atoms with Crippen molar-refractivity contribution in [3.8, 4) is 0 Å². The van der Waals surface area contributed by atoms with Crippen LogP contribution in [0.1, 0.15) is 16.8 Å². The van der Waals surface area contributed by atoms with Crippen molar-refractivity contribution in [1.82, 2.24) is 4.98 Å². The molecular formula is C19H16Cl2N2OS2. The highest BCUT2D eigenvalue weighted by Crippen LogP contribution is 2.27. The minimum atomic E-state index is -0.135. The van der Waals surface area contributed by atoms with Gasteiger partial charge in [0.15, 0.2) is 0 Å². The van der Waals surface area contributed by atoms with Crippen LogP contribution in [0.5, 0.6) is 0 Å². The van der Waals surface area contributed by atoms with Gasteiger partial charge in [0.25, 0.3) is 0 Å². The van der Waals surface area contributed by atoms with Crippen molar-refractivity contribution in [3.63, 3.8) is 0 Å². The quantitative estimate of drug-likeness (QED) is 0.478. The molecule has 1 amide bonds. The summed E-state index contributed by atoms with van der Waals surface area (Å²) >= 11 is 15.1. The van der Waals surface area contributed by atoms with Crippen LogP contribution in [-0.4, -0.2) is 10.9 Å². The number of halogens is 2. The molecule has 0 bridgehead atoms. The third-order valence-electron chi connectivity index (χ3n) is 3.56. The van der Waals surface area contributed by atoms with Crippen LogP contribution < -0.4 is 5.32 Å². The first-order chi connectivity index (χ1) is 12.5. The largest absolute Gasteiger partial charge is 0.326 e. The normalized spacial score (nSPS) is 10.7. The van der Waals surface area contributed by atoms with Crippen LogP contribution in [0.3, 0.4) is 0 Å². The Balaban J connectivity index is 1.53. The molecule has 0 saturated heterocycles. The number of rotatable bonds is 6. The fourth-order valence-electron chi connectivity index (χ4n) is 2.21. The molecule has 1 N–H and O–H groups in total. The number of carbonyl (C=O) groups is 1. The van der Waals surface area contributed by atoms with Gasteiger partial charge in [-0.3, -0.25) is 4.79 Å². The number of anilines is 1. The third kappa shape index (κ3) is 5.48. The summed E-state index contributed by atoms with van der Waals surface area (Å²) in [5.41, 5.74) is 3.89. The number of amides is 1. The minimum Gasteiger partial charge on any atom is -0.326 e. The lowest BCUT2D eigenvalue weighted by molar-refractivity contribution is -0.115. The Morgan fingerprint density at radius 1 is 1.15 bits per heavy atom. The molecule has 0 unspecified atom stereocenters. The van der Waals surface area contributed by atoms with Gasteiger partial charge in [0.05, 0.1) is 22.2 Å². The number of aryl methyl sites for hydroxylation is 1. The van der Waals surface area contributed by atoms with E-state index in [0.29, 0.717) is 15.7 Å². The van der Waals surface area contributed by atoms with E-state index in [1.54, 1.807) is 41.3 Å². The SMILES string of the molecule is Cc1ccc(CSc2nc(CC(=O)Nc3ccc(Cl)c(Cl)c3)cs2)cc1. The summed E-state index contributed by atoms with van der Waals surface area (Å²) in [7, 11) is 0. The van der Waals surface area contributed by atoms with Crippen molar-refractivity contribution in [1.29, 1.82) is 0 Å².